The molecule has 1 amide bonds. The van der Waals surface area contributed by atoms with E-state index in [0.717, 1.165) is 40.2 Å². The zero-order valence-electron chi connectivity index (χ0n) is 10.1. The van der Waals surface area contributed by atoms with Gasteiger partial charge in [0.15, 0.2) is 0 Å². The maximum absolute atomic E-state index is 12.6. The highest BCUT2D eigenvalue weighted by Crippen LogP contribution is 2.36. The van der Waals surface area contributed by atoms with Crippen LogP contribution in [-0.2, 0) is 0 Å². The number of amides is 1. The third-order valence-electron chi connectivity index (χ3n) is 3.59. The number of nitrogens with zero attached hydrogens (tertiary/aromatic N) is 1. The molecule has 0 aliphatic heterocycles. The van der Waals surface area contributed by atoms with Crippen molar-refractivity contribution >= 4 is 34.5 Å². The normalized spacial score (nSPS) is 18.8. The van der Waals surface area contributed by atoms with E-state index >= 15 is 0 Å². The van der Waals surface area contributed by atoms with E-state index in [1.54, 1.807) is 0 Å². The van der Waals surface area contributed by atoms with Gasteiger partial charge in [0, 0.05) is 22.0 Å². The van der Waals surface area contributed by atoms with Gasteiger partial charge in [-0.2, -0.15) is 0 Å². The first-order valence-corrected chi connectivity index (χ1v) is 7.68. The fraction of sp³-hybridized carbons (Fsp3) is 0.500. The van der Waals surface area contributed by atoms with E-state index in [1.807, 2.05) is 18.2 Å². The Morgan fingerprint density at radius 1 is 1.33 bits per heavy atom. The lowest BCUT2D eigenvalue weighted by Crippen LogP contribution is -2.35. The topological polar surface area (TPSA) is 20.3 Å². The highest BCUT2D eigenvalue weighted by atomic mass is 79.9. The number of hydrogen-bond donors (Lipinski definition) is 1. The van der Waals surface area contributed by atoms with E-state index in [0.29, 0.717) is 6.04 Å². The summed E-state index contributed by atoms with van der Waals surface area (Å²) in [5, 5.41) is 0. The summed E-state index contributed by atoms with van der Waals surface area (Å²) in [6.07, 6.45) is 4.89. The average Bonchev–Trinajstić information content (AvgIpc) is 3.18. The van der Waals surface area contributed by atoms with Crippen LogP contribution in [-0.4, -0.2) is 23.4 Å². The lowest BCUT2D eigenvalue weighted by Gasteiger charge is -2.23. The molecule has 2 aliphatic carbocycles. The second-order valence-corrected chi connectivity index (χ2v) is 6.69. The summed E-state index contributed by atoms with van der Waals surface area (Å²) in [6.45, 7) is 0.937. The monoisotopic (exact) mass is 325 g/mol. The average molecular weight is 326 g/mol. The molecule has 0 saturated heterocycles. The van der Waals surface area contributed by atoms with Crippen LogP contribution >= 0.6 is 28.6 Å². The van der Waals surface area contributed by atoms with Crippen LogP contribution in [0, 0.1) is 5.92 Å². The molecule has 0 bridgehead atoms. The molecule has 0 spiro atoms. The lowest BCUT2D eigenvalue weighted by molar-refractivity contribution is 0.0731. The minimum Gasteiger partial charge on any atom is -0.335 e. The van der Waals surface area contributed by atoms with Gasteiger partial charge in [-0.15, -0.1) is 12.6 Å². The second kappa shape index (κ2) is 4.89. The van der Waals surface area contributed by atoms with Crippen LogP contribution in [0.3, 0.4) is 0 Å². The predicted molar refractivity (Wildman–Crippen MR) is 78.2 cm³/mol. The Kier molecular flexibility index (Phi) is 3.41. The van der Waals surface area contributed by atoms with Gasteiger partial charge in [-0.3, -0.25) is 4.79 Å². The summed E-state index contributed by atoms with van der Waals surface area (Å²) >= 11 is 7.82. The Bertz CT molecular complexity index is 483. The third kappa shape index (κ3) is 2.75. The zero-order chi connectivity index (χ0) is 12.7. The van der Waals surface area contributed by atoms with Crippen molar-refractivity contribution in [3.8, 4) is 0 Å². The van der Waals surface area contributed by atoms with Crippen molar-refractivity contribution in [3.05, 3.63) is 28.2 Å². The molecule has 4 heteroatoms. The highest BCUT2D eigenvalue weighted by molar-refractivity contribution is 9.10. The van der Waals surface area contributed by atoms with Crippen molar-refractivity contribution in [2.75, 3.05) is 6.54 Å². The maximum Gasteiger partial charge on any atom is 0.255 e. The van der Waals surface area contributed by atoms with Crippen LogP contribution in [0.15, 0.2) is 27.6 Å². The third-order valence-corrected chi connectivity index (χ3v) is 4.45. The molecule has 0 unspecified atom stereocenters. The molecule has 1 aromatic carbocycles. The Labute approximate surface area is 121 Å². The van der Waals surface area contributed by atoms with Gasteiger partial charge in [-0.25, -0.2) is 0 Å². The van der Waals surface area contributed by atoms with Crippen molar-refractivity contribution < 1.29 is 4.79 Å². The molecule has 2 fully saturated rings. The van der Waals surface area contributed by atoms with Gasteiger partial charge in [0.05, 0.1) is 5.56 Å². The highest BCUT2D eigenvalue weighted by Gasteiger charge is 2.37. The zero-order valence-corrected chi connectivity index (χ0v) is 12.6. The van der Waals surface area contributed by atoms with Gasteiger partial charge in [-0.1, -0.05) is 15.9 Å². The van der Waals surface area contributed by atoms with Crippen molar-refractivity contribution in [1.29, 1.82) is 0 Å². The molecule has 96 valence electrons. The van der Waals surface area contributed by atoms with E-state index < -0.39 is 0 Å². The first kappa shape index (κ1) is 12.5. The molecule has 0 N–H and O–H groups in total. The van der Waals surface area contributed by atoms with E-state index in [2.05, 4.69) is 33.5 Å². The summed E-state index contributed by atoms with van der Waals surface area (Å²) in [6, 6.07) is 6.15. The maximum atomic E-state index is 12.6. The number of halogens is 1. The molecule has 1 aromatic rings. The van der Waals surface area contributed by atoms with Crippen molar-refractivity contribution in [2.45, 2.75) is 36.6 Å². The molecular weight excluding hydrogens is 310 g/mol. The van der Waals surface area contributed by atoms with Crippen LogP contribution in [0.25, 0.3) is 0 Å². The van der Waals surface area contributed by atoms with Gasteiger partial charge in [0.25, 0.3) is 5.91 Å². The smallest absolute Gasteiger partial charge is 0.255 e. The Hall–Kier alpha value is -0.480. The first-order valence-electron chi connectivity index (χ1n) is 6.44. The van der Waals surface area contributed by atoms with Gasteiger partial charge >= 0.3 is 0 Å². The van der Waals surface area contributed by atoms with Crippen LogP contribution in [0.5, 0.6) is 0 Å². The minimum absolute atomic E-state index is 0.155. The summed E-state index contributed by atoms with van der Waals surface area (Å²) in [5.41, 5.74) is 0.731. The number of thiol groups is 1. The van der Waals surface area contributed by atoms with Gasteiger partial charge in [-0.05, 0) is 49.8 Å². The summed E-state index contributed by atoms with van der Waals surface area (Å²) < 4.78 is 0.962. The largest absolute Gasteiger partial charge is 0.335 e. The predicted octanol–water partition coefficient (Wildman–Crippen LogP) is 3.75. The molecular formula is C14H16BrNOS. The SMILES string of the molecule is O=C(c1ccc(Br)cc1S)N(CC1CC1)C1CC1. The Morgan fingerprint density at radius 3 is 2.61 bits per heavy atom. The summed E-state index contributed by atoms with van der Waals surface area (Å²) in [7, 11) is 0. The van der Waals surface area contributed by atoms with Gasteiger partial charge in [0.1, 0.15) is 0 Å². The number of hydrogen-bond acceptors (Lipinski definition) is 2. The number of carbonyl (C=O) groups is 1. The molecule has 2 saturated carbocycles. The molecule has 0 radical (unpaired) electrons. The van der Waals surface area contributed by atoms with Crippen LogP contribution in [0.2, 0.25) is 0 Å². The fourth-order valence-electron chi connectivity index (χ4n) is 2.20. The molecule has 3 rings (SSSR count). The molecule has 0 heterocycles. The number of benzene rings is 1. The Morgan fingerprint density at radius 2 is 2.06 bits per heavy atom. The lowest BCUT2D eigenvalue weighted by atomic mass is 10.2. The van der Waals surface area contributed by atoms with E-state index in [-0.39, 0.29) is 5.91 Å². The standard InChI is InChI=1S/C14H16BrNOS/c15-10-3-6-12(13(18)7-10)14(17)16(11-4-5-11)8-9-1-2-9/h3,6-7,9,11,18H,1-2,4-5,8H2. The molecule has 0 atom stereocenters. The number of carbonyl (C=O) groups excluding carboxylic acids is 1. The van der Waals surface area contributed by atoms with Crippen molar-refractivity contribution in [2.24, 2.45) is 5.92 Å². The Balaban J connectivity index is 1.81. The van der Waals surface area contributed by atoms with E-state index in [4.69, 9.17) is 0 Å². The summed E-state index contributed by atoms with van der Waals surface area (Å²) in [5.74, 6) is 0.898. The number of rotatable bonds is 4. The van der Waals surface area contributed by atoms with E-state index in [1.165, 1.54) is 12.8 Å². The molecule has 0 aromatic heterocycles. The fourth-order valence-corrected chi connectivity index (χ4v) is 3.05. The van der Waals surface area contributed by atoms with E-state index in [9.17, 15) is 4.79 Å². The van der Waals surface area contributed by atoms with Crippen LogP contribution in [0.4, 0.5) is 0 Å². The second-order valence-electron chi connectivity index (χ2n) is 5.29. The van der Waals surface area contributed by atoms with Crippen molar-refractivity contribution in [3.63, 3.8) is 0 Å². The molecule has 2 nitrogen and oxygen atoms in total. The van der Waals surface area contributed by atoms with Crippen LogP contribution in [0.1, 0.15) is 36.0 Å². The molecule has 18 heavy (non-hydrogen) atoms. The molecule has 2 aliphatic rings. The van der Waals surface area contributed by atoms with Gasteiger partial charge < -0.3 is 4.90 Å². The quantitative estimate of drug-likeness (QED) is 0.836. The minimum atomic E-state index is 0.155. The van der Waals surface area contributed by atoms with Gasteiger partial charge in [0.2, 0.25) is 0 Å². The van der Waals surface area contributed by atoms with Crippen molar-refractivity contribution in [1.82, 2.24) is 4.90 Å². The first-order chi connectivity index (χ1) is 8.65. The van der Waals surface area contributed by atoms with Crippen LogP contribution < -0.4 is 0 Å². The summed E-state index contributed by atoms with van der Waals surface area (Å²) in [4.78, 5) is 15.4.